The summed E-state index contributed by atoms with van der Waals surface area (Å²) in [7, 11) is -0.894. The van der Waals surface area contributed by atoms with Gasteiger partial charge in [0.1, 0.15) is 0 Å². The highest BCUT2D eigenvalue weighted by molar-refractivity contribution is 7.85. The van der Waals surface area contributed by atoms with Crippen molar-refractivity contribution in [2.45, 2.75) is 69.1 Å². The molecule has 2 rings (SSSR count). The highest BCUT2D eigenvalue weighted by Gasteiger charge is 2.28. The molecule has 0 saturated heterocycles. The van der Waals surface area contributed by atoms with Crippen LogP contribution in [0.4, 0.5) is 0 Å². The molecule has 0 spiro atoms. The van der Waals surface area contributed by atoms with Crippen molar-refractivity contribution in [3.63, 3.8) is 0 Å². The van der Waals surface area contributed by atoms with Gasteiger partial charge in [0.25, 0.3) is 0 Å². The van der Waals surface area contributed by atoms with Crippen molar-refractivity contribution in [3.8, 4) is 0 Å². The maximum absolute atomic E-state index is 13.0. The molecular weight excluding hydrogens is 266 g/mol. The fourth-order valence-electron chi connectivity index (χ4n) is 3.04. The molecule has 1 aliphatic carbocycles. The topological polar surface area (TPSA) is 29.1 Å². The van der Waals surface area contributed by atoms with Crippen LogP contribution < -0.4 is 5.32 Å². The van der Waals surface area contributed by atoms with Crippen molar-refractivity contribution < 1.29 is 4.21 Å². The van der Waals surface area contributed by atoms with Crippen LogP contribution in [-0.4, -0.2) is 22.0 Å². The van der Waals surface area contributed by atoms with Crippen molar-refractivity contribution in [2.24, 2.45) is 0 Å². The summed E-state index contributed by atoms with van der Waals surface area (Å²) in [4.78, 5) is 1.00. The summed E-state index contributed by atoms with van der Waals surface area (Å²) in [5, 5.41) is 3.82. The van der Waals surface area contributed by atoms with Gasteiger partial charge in [0.05, 0.1) is 16.0 Å². The Balaban J connectivity index is 2.21. The van der Waals surface area contributed by atoms with Gasteiger partial charge in [-0.2, -0.15) is 0 Å². The van der Waals surface area contributed by atoms with E-state index in [2.05, 4.69) is 38.2 Å². The average Bonchev–Trinajstić information content (AvgIpc) is 2.67. The van der Waals surface area contributed by atoms with Crippen LogP contribution in [0.15, 0.2) is 23.1 Å². The first-order chi connectivity index (χ1) is 9.63. The Bertz CT molecular complexity index is 472. The lowest BCUT2D eigenvalue weighted by Gasteiger charge is -2.25. The van der Waals surface area contributed by atoms with Crippen molar-refractivity contribution >= 4 is 10.8 Å². The Labute approximate surface area is 125 Å². The van der Waals surface area contributed by atoms with E-state index in [1.165, 1.54) is 30.4 Å². The molecule has 1 aromatic carbocycles. The normalized spacial score (nSPS) is 25.1. The Hall–Kier alpha value is -0.670. The van der Waals surface area contributed by atoms with E-state index in [9.17, 15) is 4.21 Å². The molecule has 0 aromatic heterocycles. The zero-order chi connectivity index (χ0) is 14.5. The molecule has 3 heteroatoms. The summed E-state index contributed by atoms with van der Waals surface area (Å²) in [6.07, 6.45) is 6.00. The van der Waals surface area contributed by atoms with Gasteiger partial charge in [-0.05, 0) is 56.5 Å². The molecule has 0 radical (unpaired) electrons. The largest absolute Gasteiger partial charge is 0.313 e. The lowest BCUT2D eigenvalue weighted by Crippen LogP contribution is -2.41. The maximum Gasteiger partial charge on any atom is 0.0576 e. The Morgan fingerprint density at radius 1 is 1.15 bits per heavy atom. The molecule has 20 heavy (non-hydrogen) atoms. The number of hydrogen-bond donors (Lipinski definition) is 1. The van der Waals surface area contributed by atoms with Gasteiger partial charge in [-0.15, -0.1) is 0 Å². The summed E-state index contributed by atoms with van der Waals surface area (Å²) in [6.45, 7) is 7.31. The van der Waals surface area contributed by atoms with Crippen LogP contribution in [0.3, 0.4) is 0 Å². The van der Waals surface area contributed by atoms with Crippen LogP contribution in [0.2, 0.25) is 0 Å². The second-order valence-corrected chi connectivity index (χ2v) is 7.56. The molecule has 3 atom stereocenters. The fourth-order valence-corrected chi connectivity index (χ4v) is 4.80. The molecule has 1 fully saturated rings. The van der Waals surface area contributed by atoms with E-state index in [0.717, 1.165) is 24.3 Å². The minimum absolute atomic E-state index is 0.263. The van der Waals surface area contributed by atoms with E-state index >= 15 is 0 Å². The minimum Gasteiger partial charge on any atom is -0.313 e. The fraction of sp³-hybridized carbons (Fsp3) is 0.647. The van der Waals surface area contributed by atoms with Gasteiger partial charge in [-0.25, -0.2) is 0 Å². The first kappa shape index (κ1) is 15.7. The lowest BCUT2D eigenvalue weighted by atomic mass is 10.1. The number of benzene rings is 1. The lowest BCUT2D eigenvalue weighted by molar-refractivity contribution is 0.474. The highest BCUT2D eigenvalue weighted by atomic mass is 32.2. The van der Waals surface area contributed by atoms with Gasteiger partial charge in [0, 0.05) is 10.9 Å². The molecule has 0 heterocycles. The van der Waals surface area contributed by atoms with Gasteiger partial charge in [-0.1, -0.05) is 32.3 Å². The van der Waals surface area contributed by atoms with E-state index < -0.39 is 10.8 Å². The van der Waals surface area contributed by atoms with Gasteiger partial charge in [0.2, 0.25) is 0 Å². The quantitative estimate of drug-likeness (QED) is 0.857. The molecule has 1 saturated carbocycles. The molecule has 1 aromatic rings. The summed E-state index contributed by atoms with van der Waals surface area (Å²) in [6, 6.07) is 6.66. The molecule has 1 N–H and O–H groups in total. The zero-order valence-corrected chi connectivity index (χ0v) is 13.8. The van der Waals surface area contributed by atoms with Gasteiger partial charge >= 0.3 is 0 Å². The molecule has 2 nitrogen and oxygen atoms in total. The van der Waals surface area contributed by atoms with Crippen LogP contribution in [-0.2, 0) is 10.8 Å². The van der Waals surface area contributed by atoms with Crippen molar-refractivity contribution in [3.05, 3.63) is 29.3 Å². The van der Waals surface area contributed by atoms with Crippen LogP contribution in [0.1, 0.15) is 50.2 Å². The Kier molecular flexibility index (Phi) is 5.79. The molecular formula is C17H27NOS. The Morgan fingerprint density at radius 3 is 2.60 bits per heavy atom. The third kappa shape index (κ3) is 3.70. The van der Waals surface area contributed by atoms with Gasteiger partial charge < -0.3 is 5.32 Å². The standard InChI is InChI=1S/C17H27NOS/c1-4-18-16-8-6-5-7-9-17(16)20(19)15-11-10-13(2)14(3)12-15/h10-12,16-18H,4-9H2,1-3H3. The third-order valence-corrected chi connectivity index (χ3v) is 6.24. The van der Waals surface area contributed by atoms with Crippen molar-refractivity contribution in [1.29, 1.82) is 0 Å². The van der Waals surface area contributed by atoms with E-state index in [-0.39, 0.29) is 5.25 Å². The van der Waals surface area contributed by atoms with E-state index in [1.807, 2.05) is 6.07 Å². The molecule has 1 aliphatic rings. The predicted octanol–water partition coefficient (Wildman–Crippen LogP) is 3.72. The second kappa shape index (κ2) is 7.37. The third-order valence-electron chi connectivity index (χ3n) is 4.40. The number of nitrogens with one attached hydrogen (secondary N) is 1. The predicted molar refractivity (Wildman–Crippen MR) is 86.7 cm³/mol. The second-order valence-electron chi connectivity index (χ2n) is 5.88. The average molecular weight is 293 g/mol. The molecule has 112 valence electrons. The van der Waals surface area contributed by atoms with E-state index in [0.29, 0.717) is 6.04 Å². The number of aryl methyl sites for hydroxylation is 2. The van der Waals surface area contributed by atoms with Crippen LogP contribution >= 0.6 is 0 Å². The minimum atomic E-state index is -0.894. The summed E-state index contributed by atoms with van der Waals surface area (Å²) < 4.78 is 13.0. The number of rotatable bonds is 4. The number of hydrogen-bond acceptors (Lipinski definition) is 2. The summed E-state index contributed by atoms with van der Waals surface area (Å²) in [5.74, 6) is 0. The van der Waals surface area contributed by atoms with Crippen molar-refractivity contribution in [2.75, 3.05) is 6.54 Å². The SMILES string of the molecule is CCNC1CCCCCC1S(=O)c1ccc(C)c(C)c1. The monoisotopic (exact) mass is 293 g/mol. The maximum atomic E-state index is 13.0. The Morgan fingerprint density at radius 2 is 1.90 bits per heavy atom. The van der Waals surface area contributed by atoms with Crippen LogP contribution in [0.5, 0.6) is 0 Å². The first-order valence-electron chi connectivity index (χ1n) is 7.84. The molecule has 0 aliphatic heterocycles. The zero-order valence-electron chi connectivity index (χ0n) is 12.9. The van der Waals surface area contributed by atoms with Crippen LogP contribution in [0.25, 0.3) is 0 Å². The van der Waals surface area contributed by atoms with Gasteiger partial charge in [-0.3, -0.25) is 4.21 Å². The first-order valence-corrected chi connectivity index (χ1v) is 9.06. The molecule has 3 unspecified atom stereocenters. The molecule has 0 amide bonds. The van der Waals surface area contributed by atoms with E-state index in [1.54, 1.807) is 0 Å². The summed E-state index contributed by atoms with van der Waals surface area (Å²) >= 11 is 0. The van der Waals surface area contributed by atoms with Crippen molar-refractivity contribution in [1.82, 2.24) is 5.32 Å². The highest BCUT2D eigenvalue weighted by Crippen LogP contribution is 2.26. The van der Waals surface area contributed by atoms with Gasteiger partial charge in [0.15, 0.2) is 0 Å². The van der Waals surface area contributed by atoms with E-state index in [4.69, 9.17) is 0 Å². The van der Waals surface area contributed by atoms with Crippen LogP contribution in [0, 0.1) is 13.8 Å². The molecule has 0 bridgehead atoms. The summed E-state index contributed by atoms with van der Waals surface area (Å²) in [5.41, 5.74) is 2.51. The smallest absolute Gasteiger partial charge is 0.0576 e.